The Balaban J connectivity index is 2.28. The summed E-state index contributed by atoms with van der Waals surface area (Å²) < 4.78 is 15.3. The van der Waals surface area contributed by atoms with Crippen molar-refractivity contribution in [3.8, 4) is 0 Å². The standard InChI is InChI=1S/C10H16O5/c1-7(11)14-6-10-5-9(3-4-13-10)15-8(2)12/h9-10H,3-6H2,1-2H3/t9-,10+/m1/s1. The molecule has 0 unspecified atom stereocenters. The van der Waals surface area contributed by atoms with Crippen molar-refractivity contribution >= 4 is 11.9 Å². The molecule has 0 amide bonds. The van der Waals surface area contributed by atoms with Gasteiger partial charge in [0.25, 0.3) is 0 Å². The van der Waals surface area contributed by atoms with E-state index in [1.54, 1.807) is 0 Å². The van der Waals surface area contributed by atoms with Crippen LogP contribution in [0.5, 0.6) is 0 Å². The molecule has 15 heavy (non-hydrogen) atoms. The fraction of sp³-hybridized carbons (Fsp3) is 0.800. The summed E-state index contributed by atoms with van der Waals surface area (Å²) in [5.41, 5.74) is 0. The monoisotopic (exact) mass is 216 g/mol. The molecular formula is C10H16O5. The van der Waals surface area contributed by atoms with E-state index in [4.69, 9.17) is 14.2 Å². The van der Waals surface area contributed by atoms with Crippen LogP contribution >= 0.6 is 0 Å². The summed E-state index contributed by atoms with van der Waals surface area (Å²) in [6.07, 6.45) is 1.02. The van der Waals surface area contributed by atoms with E-state index in [1.807, 2.05) is 0 Å². The topological polar surface area (TPSA) is 61.8 Å². The van der Waals surface area contributed by atoms with Crippen molar-refractivity contribution in [3.63, 3.8) is 0 Å². The van der Waals surface area contributed by atoms with Gasteiger partial charge < -0.3 is 14.2 Å². The molecule has 86 valence electrons. The largest absolute Gasteiger partial charge is 0.463 e. The molecule has 5 heteroatoms. The van der Waals surface area contributed by atoms with E-state index in [1.165, 1.54) is 13.8 Å². The van der Waals surface area contributed by atoms with Crippen molar-refractivity contribution in [2.24, 2.45) is 0 Å². The van der Waals surface area contributed by atoms with E-state index in [9.17, 15) is 9.59 Å². The summed E-state index contributed by atoms with van der Waals surface area (Å²) in [5, 5.41) is 0. The summed E-state index contributed by atoms with van der Waals surface area (Å²) >= 11 is 0. The molecule has 0 aromatic heterocycles. The van der Waals surface area contributed by atoms with Crippen LogP contribution in [0.15, 0.2) is 0 Å². The molecule has 1 rings (SSSR count). The fourth-order valence-electron chi connectivity index (χ4n) is 1.51. The Hall–Kier alpha value is -1.10. The zero-order chi connectivity index (χ0) is 11.3. The van der Waals surface area contributed by atoms with Gasteiger partial charge in [-0.25, -0.2) is 0 Å². The van der Waals surface area contributed by atoms with E-state index in [0.717, 1.165) is 0 Å². The van der Waals surface area contributed by atoms with Gasteiger partial charge in [-0.15, -0.1) is 0 Å². The van der Waals surface area contributed by atoms with Gasteiger partial charge in [0.05, 0.1) is 12.7 Å². The van der Waals surface area contributed by atoms with Gasteiger partial charge >= 0.3 is 11.9 Å². The van der Waals surface area contributed by atoms with Crippen LogP contribution in [0.25, 0.3) is 0 Å². The van der Waals surface area contributed by atoms with Crippen molar-refractivity contribution < 1.29 is 23.8 Å². The fourth-order valence-corrected chi connectivity index (χ4v) is 1.51. The van der Waals surface area contributed by atoms with Gasteiger partial charge in [-0.2, -0.15) is 0 Å². The number of rotatable bonds is 3. The second-order valence-corrected chi connectivity index (χ2v) is 3.55. The van der Waals surface area contributed by atoms with E-state index >= 15 is 0 Å². The lowest BCUT2D eigenvalue weighted by molar-refractivity contribution is -0.160. The molecule has 0 aromatic carbocycles. The molecule has 0 spiro atoms. The number of hydrogen-bond acceptors (Lipinski definition) is 5. The Bertz CT molecular complexity index is 238. The first-order valence-corrected chi connectivity index (χ1v) is 5.00. The van der Waals surface area contributed by atoms with Crippen LogP contribution in [0.3, 0.4) is 0 Å². The molecule has 5 nitrogen and oxygen atoms in total. The van der Waals surface area contributed by atoms with Crippen molar-refractivity contribution in [3.05, 3.63) is 0 Å². The maximum atomic E-state index is 10.7. The predicted octanol–water partition coefficient (Wildman–Crippen LogP) is 0.660. The Kier molecular flexibility index (Phi) is 4.55. The average Bonchev–Trinajstić information content (AvgIpc) is 2.14. The molecular weight excluding hydrogens is 200 g/mol. The second-order valence-electron chi connectivity index (χ2n) is 3.55. The highest BCUT2D eigenvalue weighted by atomic mass is 16.6. The number of hydrogen-bond donors (Lipinski definition) is 0. The van der Waals surface area contributed by atoms with E-state index in [2.05, 4.69) is 0 Å². The van der Waals surface area contributed by atoms with Gasteiger partial charge in [-0.1, -0.05) is 0 Å². The summed E-state index contributed by atoms with van der Waals surface area (Å²) in [6, 6.07) is 0. The molecule has 1 aliphatic rings. The first-order chi connectivity index (χ1) is 7.08. The first-order valence-electron chi connectivity index (χ1n) is 5.00. The Morgan fingerprint density at radius 2 is 2.07 bits per heavy atom. The quantitative estimate of drug-likeness (QED) is 0.648. The zero-order valence-corrected chi connectivity index (χ0v) is 9.02. The smallest absolute Gasteiger partial charge is 0.302 e. The maximum absolute atomic E-state index is 10.7. The van der Waals surface area contributed by atoms with E-state index in [-0.39, 0.29) is 30.8 Å². The molecule has 1 heterocycles. The van der Waals surface area contributed by atoms with Crippen LogP contribution in [-0.4, -0.2) is 37.4 Å². The molecule has 0 aromatic rings. The van der Waals surface area contributed by atoms with E-state index in [0.29, 0.717) is 19.4 Å². The van der Waals surface area contributed by atoms with Gasteiger partial charge in [-0.05, 0) is 0 Å². The molecule has 1 fully saturated rings. The van der Waals surface area contributed by atoms with Crippen molar-refractivity contribution in [1.82, 2.24) is 0 Å². The van der Waals surface area contributed by atoms with Crippen LogP contribution in [0.2, 0.25) is 0 Å². The molecule has 2 atom stereocenters. The second kappa shape index (κ2) is 5.70. The van der Waals surface area contributed by atoms with Gasteiger partial charge in [0.1, 0.15) is 12.7 Å². The normalized spacial score (nSPS) is 25.7. The number of carbonyl (C=O) groups excluding carboxylic acids is 2. The third-order valence-corrected chi connectivity index (χ3v) is 2.12. The van der Waals surface area contributed by atoms with Crippen molar-refractivity contribution in [1.29, 1.82) is 0 Å². The molecule has 0 saturated carbocycles. The highest BCUT2D eigenvalue weighted by Gasteiger charge is 2.25. The summed E-state index contributed by atoms with van der Waals surface area (Å²) in [6.45, 7) is 3.50. The van der Waals surface area contributed by atoms with Crippen LogP contribution in [0.1, 0.15) is 26.7 Å². The van der Waals surface area contributed by atoms with Gasteiger partial charge in [0.15, 0.2) is 0 Å². The number of carbonyl (C=O) groups is 2. The lowest BCUT2D eigenvalue weighted by Gasteiger charge is -2.28. The Morgan fingerprint density at radius 3 is 2.67 bits per heavy atom. The van der Waals surface area contributed by atoms with Gasteiger partial charge in [-0.3, -0.25) is 9.59 Å². The van der Waals surface area contributed by atoms with Gasteiger partial charge in [0.2, 0.25) is 0 Å². The summed E-state index contributed by atoms with van der Waals surface area (Å²) in [5.74, 6) is -0.610. The van der Waals surface area contributed by atoms with Crippen molar-refractivity contribution in [2.75, 3.05) is 13.2 Å². The first kappa shape index (κ1) is 12.0. The minimum absolute atomic E-state index is 0.114. The average molecular weight is 216 g/mol. The number of esters is 2. The molecule has 1 aliphatic heterocycles. The lowest BCUT2D eigenvalue weighted by atomic mass is 10.1. The van der Waals surface area contributed by atoms with Crippen molar-refractivity contribution in [2.45, 2.75) is 38.9 Å². The highest BCUT2D eigenvalue weighted by Crippen LogP contribution is 2.17. The third kappa shape index (κ3) is 4.78. The maximum Gasteiger partial charge on any atom is 0.302 e. The van der Waals surface area contributed by atoms with Crippen LogP contribution in [0, 0.1) is 0 Å². The Labute approximate surface area is 88.7 Å². The summed E-state index contributed by atoms with van der Waals surface area (Å²) in [4.78, 5) is 21.3. The molecule has 0 aliphatic carbocycles. The molecule has 0 N–H and O–H groups in total. The van der Waals surface area contributed by atoms with Gasteiger partial charge in [0, 0.05) is 26.7 Å². The van der Waals surface area contributed by atoms with E-state index < -0.39 is 0 Å². The Morgan fingerprint density at radius 1 is 1.33 bits per heavy atom. The summed E-state index contributed by atoms with van der Waals surface area (Å²) in [7, 11) is 0. The SMILES string of the molecule is CC(=O)OC[C@@H]1C[C@H](OC(C)=O)CCO1. The van der Waals surface area contributed by atoms with Crippen LogP contribution in [0.4, 0.5) is 0 Å². The minimum Gasteiger partial charge on any atom is -0.463 e. The zero-order valence-electron chi connectivity index (χ0n) is 9.02. The number of ether oxygens (including phenoxy) is 3. The lowest BCUT2D eigenvalue weighted by Crippen LogP contribution is -2.35. The minimum atomic E-state index is -0.326. The predicted molar refractivity (Wildman–Crippen MR) is 51.2 cm³/mol. The molecule has 0 bridgehead atoms. The molecule has 0 radical (unpaired) electrons. The van der Waals surface area contributed by atoms with Crippen LogP contribution in [-0.2, 0) is 23.8 Å². The highest BCUT2D eigenvalue weighted by molar-refractivity contribution is 5.66. The third-order valence-electron chi connectivity index (χ3n) is 2.12. The molecule has 1 saturated heterocycles. The van der Waals surface area contributed by atoms with Crippen LogP contribution < -0.4 is 0 Å².